The molecule has 184 valence electrons. The molecule has 4 heteroatoms. The molecule has 0 aromatic rings. The fraction of sp³-hybridized carbons (Fsp3) is 0.929. The Kier molecular flexibility index (Phi) is 9.92. The highest BCUT2D eigenvalue weighted by atomic mass is 16.2. The largest absolute Gasteiger partial charge is 0.337 e. The zero-order chi connectivity index (χ0) is 23.1. The molecule has 0 aliphatic heterocycles. The van der Waals surface area contributed by atoms with Crippen LogP contribution in [0.4, 0.5) is 0 Å². The molecule has 0 aromatic heterocycles. The molecule has 0 aromatic carbocycles. The Morgan fingerprint density at radius 3 is 1.41 bits per heavy atom. The van der Waals surface area contributed by atoms with Gasteiger partial charge in [0.15, 0.2) is 0 Å². The molecule has 3 rings (SSSR count). The van der Waals surface area contributed by atoms with E-state index in [0.717, 1.165) is 38.5 Å². The molecule has 3 saturated carbocycles. The summed E-state index contributed by atoms with van der Waals surface area (Å²) in [5, 5.41) is 0. The van der Waals surface area contributed by atoms with E-state index in [0.29, 0.717) is 18.0 Å². The van der Waals surface area contributed by atoms with Gasteiger partial charge in [-0.25, -0.2) is 0 Å². The Morgan fingerprint density at radius 1 is 0.625 bits per heavy atom. The van der Waals surface area contributed by atoms with Gasteiger partial charge in [-0.15, -0.1) is 0 Å². The van der Waals surface area contributed by atoms with Crippen molar-refractivity contribution in [3.05, 3.63) is 0 Å². The molecule has 4 atom stereocenters. The van der Waals surface area contributed by atoms with Crippen molar-refractivity contribution < 1.29 is 9.59 Å². The van der Waals surface area contributed by atoms with Gasteiger partial charge < -0.3 is 9.80 Å². The van der Waals surface area contributed by atoms with Crippen LogP contribution in [0.1, 0.15) is 130 Å². The normalized spacial score (nSPS) is 27.5. The van der Waals surface area contributed by atoms with Gasteiger partial charge in [0.1, 0.15) is 0 Å². The second-order valence-electron chi connectivity index (χ2n) is 11.1. The quantitative estimate of drug-likeness (QED) is 0.415. The van der Waals surface area contributed by atoms with Crippen LogP contribution in [-0.2, 0) is 9.59 Å². The first-order valence-electron chi connectivity index (χ1n) is 14.1. The van der Waals surface area contributed by atoms with Crippen LogP contribution >= 0.6 is 0 Å². The van der Waals surface area contributed by atoms with Crippen LogP contribution < -0.4 is 0 Å². The van der Waals surface area contributed by atoms with Gasteiger partial charge in [-0.1, -0.05) is 65.2 Å². The molecule has 0 heterocycles. The first-order chi connectivity index (χ1) is 15.5. The van der Waals surface area contributed by atoms with Crippen molar-refractivity contribution in [2.24, 2.45) is 11.8 Å². The summed E-state index contributed by atoms with van der Waals surface area (Å²) < 4.78 is 0. The number of rotatable bonds is 8. The number of carbonyl (C=O) groups excluding carboxylic acids is 2. The molecular weight excluding hydrogens is 396 g/mol. The first kappa shape index (κ1) is 25.6. The maximum absolute atomic E-state index is 14.3. The van der Waals surface area contributed by atoms with Gasteiger partial charge in [0.05, 0.1) is 0 Å². The fourth-order valence-corrected chi connectivity index (χ4v) is 6.74. The third-order valence-electron chi connectivity index (χ3n) is 8.98. The molecule has 0 radical (unpaired) electrons. The molecule has 3 aliphatic rings. The average Bonchev–Trinajstić information content (AvgIpc) is 2.85. The predicted molar refractivity (Wildman–Crippen MR) is 132 cm³/mol. The minimum atomic E-state index is -0.117. The topological polar surface area (TPSA) is 40.6 Å². The number of amides is 2. The van der Waals surface area contributed by atoms with E-state index >= 15 is 0 Å². The summed E-state index contributed by atoms with van der Waals surface area (Å²) in [4.78, 5) is 32.7. The van der Waals surface area contributed by atoms with Gasteiger partial charge in [0.25, 0.3) is 0 Å². The molecule has 0 N–H and O–H groups in total. The molecule has 32 heavy (non-hydrogen) atoms. The molecule has 3 fully saturated rings. The van der Waals surface area contributed by atoms with Crippen molar-refractivity contribution in [3.63, 3.8) is 0 Å². The number of carbonyl (C=O) groups is 2. The minimum Gasteiger partial charge on any atom is -0.337 e. The Balaban J connectivity index is 1.85. The van der Waals surface area contributed by atoms with Crippen LogP contribution in [0.3, 0.4) is 0 Å². The monoisotopic (exact) mass is 446 g/mol. The summed E-state index contributed by atoms with van der Waals surface area (Å²) in [6, 6.07) is 1.31. The molecule has 0 bridgehead atoms. The summed E-state index contributed by atoms with van der Waals surface area (Å²) in [6.45, 7) is 8.70. The summed E-state index contributed by atoms with van der Waals surface area (Å²) in [7, 11) is 0. The van der Waals surface area contributed by atoms with Crippen molar-refractivity contribution in [2.45, 2.75) is 155 Å². The van der Waals surface area contributed by atoms with Crippen molar-refractivity contribution in [2.75, 3.05) is 0 Å². The maximum atomic E-state index is 14.3. The number of nitrogens with zero attached hydrogens (tertiary/aromatic N) is 2. The Hall–Kier alpha value is -1.06. The van der Waals surface area contributed by atoms with E-state index in [9.17, 15) is 9.59 Å². The zero-order valence-electron chi connectivity index (χ0n) is 21.5. The second-order valence-corrected chi connectivity index (χ2v) is 11.1. The average molecular weight is 447 g/mol. The number of hydrogen-bond donors (Lipinski definition) is 0. The standard InChI is InChI=1S/C28H50N2O2/c1-5-21(3)29(22(4)6-2)27(31)25-19-13-14-20-26(25)28(32)30(23-15-9-7-10-16-23)24-17-11-8-12-18-24/h21-26H,5-20H2,1-4H3/t21?,22?,25-,26+/m0/s1. The zero-order valence-corrected chi connectivity index (χ0v) is 21.5. The van der Waals surface area contributed by atoms with Gasteiger partial charge in [-0.2, -0.15) is 0 Å². The highest BCUT2D eigenvalue weighted by Gasteiger charge is 2.44. The lowest BCUT2D eigenvalue weighted by Gasteiger charge is -2.46. The van der Waals surface area contributed by atoms with E-state index in [1.807, 2.05) is 0 Å². The van der Waals surface area contributed by atoms with Crippen molar-refractivity contribution in [3.8, 4) is 0 Å². The third kappa shape index (κ3) is 5.89. The molecule has 2 amide bonds. The molecule has 3 aliphatic carbocycles. The molecule has 4 nitrogen and oxygen atoms in total. The van der Waals surface area contributed by atoms with E-state index in [-0.39, 0.29) is 29.8 Å². The SMILES string of the molecule is CCC(C)N(C(=O)[C@H]1CCCC[C@H]1C(=O)N(C1CCCCC1)C1CCCCC1)C(C)CC. The van der Waals surface area contributed by atoms with Crippen LogP contribution in [-0.4, -0.2) is 45.8 Å². The second kappa shape index (κ2) is 12.4. The molecule has 0 spiro atoms. The summed E-state index contributed by atoms with van der Waals surface area (Å²) in [5.41, 5.74) is 0. The van der Waals surface area contributed by atoms with Crippen LogP contribution in [0.5, 0.6) is 0 Å². The lowest BCUT2D eigenvalue weighted by molar-refractivity contribution is -0.154. The summed E-state index contributed by atoms with van der Waals surface area (Å²) in [6.07, 6.45) is 18.2. The van der Waals surface area contributed by atoms with Crippen LogP contribution in [0.15, 0.2) is 0 Å². The van der Waals surface area contributed by atoms with Crippen LogP contribution in [0.2, 0.25) is 0 Å². The van der Waals surface area contributed by atoms with E-state index < -0.39 is 0 Å². The van der Waals surface area contributed by atoms with E-state index in [2.05, 4.69) is 37.5 Å². The first-order valence-corrected chi connectivity index (χ1v) is 14.1. The Bertz CT molecular complexity index is 566. The van der Waals surface area contributed by atoms with Gasteiger partial charge in [0.2, 0.25) is 11.8 Å². The van der Waals surface area contributed by atoms with Crippen molar-refractivity contribution >= 4 is 11.8 Å². The summed E-state index contributed by atoms with van der Waals surface area (Å²) >= 11 is 0. The third-order valence-corrected chi connectivity index (χ3v) is 8.98. The van der Waals surface area contributed by atoms with Gasteiger partial charge in [-0.3, -0.25) is 9.59 Å². The maximum Gasteiger partial charge on any atom is 0.226 e. The van der Waals surface area contributed by atoms with Gasteiger partial charge in [0, 0.05) is 36.0 Å². The summed E-state index contributed by atoms with van der Waals surface area (Å²) in [5.74, 6) is 0.388. The van der Waals surface area contributed by atoms with E-state index in [1.165, 1.54) is 64.2 Å². The van der Waals surface area contributed by atoms with Crippen molar-refractivity contribution in [1.29, 1.82) is 0 Å². The molecule has 0 saturated heterocycles. The fourth-order valence-electron chi connectivity index (χ4n) is 6.74. The highest BCUT2D eigenvalue weighted by Crippen LogP contribution is 2.38. The van der Waals surface area contributed by atoms with Gasteiger partial charge in [-0.05, 0) is 65.2 Å². The lowest BCUT2D eigenvalue weighted by atomic mass is 9.76. The van der Waals surface area contributed by atoms with Gasteiger partial charge >= 0.3 is 0 Å². The Labute approximate surface area is 197 Å². The molecule has 2 unspecified atom stereocenters. The van der Waals surface area contributed by atoms with Crippen LogP contribution in [0, 0.1) is 11.8 Å². The smallest absolute Gasteiger partial charge is 0.226 e. The number of hydrogen-bond acceptors (Lipinski definition) is 2. The van der Waals surface area contributed by atoms with Crippen LogP contribution in [0.25, 0.3) is 0 Å². The Morgan fingerprint density at radius 2 is 1.00 bits per heavy atom. The van der Waals surface area contributed by atoms with Crippen molar-refractivity contribution in [1.82, 2.24) is 9.80 Å². The highest BCUT2D eigenvalue weighted by molar-refractivity contribution is 5.88. The lowest BCUT2D eigenvalue weighted by Crippen LogP contribution is -2.55. The minimum absolute atomic E-state index is 0.101. The molecular formula is C28H50N2O2. The predicted octanol–water partition coefficient (Wildman–Crippen LogP) is 6.71. The van der Waals surface area contributed by atoms with E-state index in [1.54, 1.807) is 0 Å². The van der Waals surface area contributed by atoms with E-state index in [4.69, 9.17) is 0 Å².